The van der Waals surface area contributed by atoms with E-state index in [9.17, 15) is 4.79 Å². The summed E-state index contributed by atoms with van der Waals surface area (Å²) in [5, 5.41) is 12.0. The SMILES string of the molecule is C[C@@H]1CCCC[C@@H]1NC(=O)/C(C#N)=C/c1ccco1. The van der Waals surface area contributed by atoms with Gasteiger partial charge in [0.1, 0.15) is 17.4 Å². The fourth-order valence-electron chi connectivity index (χ4n) is 2.44. The number of carbonyl (C=O) groups is 1. The van der Waals surface area contributed by atoms with E-state index < -0.39 is 0 Å². The minimum absolute atomic E-state index is 0.0905. The Morgan fingerprint density at radius 1 is 1.53 bits per heavy atom. The summed E-state index contributed by atoms with van der Waals surface area (Å²) >= 11 is 0. The van der Waals surface area contributed by atoms with Crippen LogP contribution in [-0.4, -0.2) is 11.9 Å². The van der Waals surface area contributed by atoms with Gasteiger partial charge in [0.15, 0.2) is 0 Å². The lowest BCUT2D eigenvalue weighted by molar-refractivity contribution is -0.118. The van der Waals surface area contributed by atoms with Crippen molar-refractivity contribution >= 4 is 12.0 Å². The molecular formula is C15H18N2O2. The summed E-state index contributed by atoms with van der Waals surface area (Å²) in [6.07, 6.45) is 7.48. The molecule has 1 N–H and O–H groups in total. The largest absolute Gasteiger partial charge is 0.465 e. The van der Waals surface area contributed by atoms with Gasteiger partial charge < -0.3 is 9.73 Å². The standard InChI is InChI=1S/C15H18N2O2/c1-11-5-2-3-7-14(11)17-15(18)12(10-16)9-13-6-4-8-19-13/h4,6,8-9,11,14H,2-3,5,7H2,1H3,(H,17,18)/b12-9+/t11-,14+/m1/s1. The Labute approximate surface area is 113 Å². The van der Waals surface area contributed by atoms with Crippen LogP contribution in [0, 0.1) is 17.2 Å². The summed E-state index contributed by atoms with van der Waals surface area (Å²) in [7, 11) is 0. The Bertz CT molecular complexity index is 497. The molecule has 1 amide bonds. The lowest BCUT2D eigenvalue weighted by atomic mass is 9.86. The van der Waals surface area contributed by atoms with E-state index in [2.05, 4.69) is 12.2 Å². The Kier molecular flexibility index (Phi) is 4.40. The van der Waals surface area contributed by atoms with Crippen molar-refractivity contribution in [3.05, 3.63) is 29.7 Å². The first kappa shape index (κ1) is 13.4. The van der Waals surface area contributed by atoms with E-state index in [1.165, 1.54) is 18.8 Å². The Balaban J connectivity index is 2.03. The average Bonchev–Trinajstić information content (AvgIpc) is 2.91. The van der Waals surface area contributed by atoms with Gasteiger partial charge >= 0.3 is 0 Å². The van der Waals surface area contributed by atoms with E-state index in [1.807, 2.05) is 6.07 Å². The molecule has 2 rings (SSSR count). The van der Waals surface area contributed by atoms with E-state index in [0.717, 1.165) is 19.3 Å². The molecule has 0 spiro atoms. The third kappa shape index (κ3) is 3.47. The van der Waals surface area contributed by atoms with E-state index >= 15 is 0 Å². The van der Waals surface area contributed by atoms with Crippen LogP contribution in [0.3, 0.4) is 0 Å². The number of nitriles is 1. The maximum Gasteiger partial charge on any atom is 0.262 e. The second-order valence-electron chi connectivity index (χ2n) is 5.03. The van der Waals surface area contributed by atoms with Gasteiger partial charge in [-0.05, 0) is 30.9 Å². The number of carbonyl (C=O) groups excluding carboxylic acids is 1. The molecule has 1 saturated carbocycles. The maximum atomic E-state index is 12.1. The molecule has 1 aromatic rings. The molecule has 0 radical (unpaired) electrons. The number of rotatable bonds is 3. The van der Waals surface area contributed by atoms with Crippen molar-refractivity contribution in [3.63, 3.8) is 0 Å². The first-order chi connectivity index (χ1) is 9.20. The zero-order chi connectivity index (χ0) is 13.7. The van der Waals surface area contributed by atoms with Gasteiger partial charge in [0.05, 0.1) is 6.26 Å². The molecule has 4 nitrogen and oxygen atoms in total. The molecule has 0 unspecified atom stereocenters. The van der Waals surface area contributed by atoms with Gasteiger partial charge in [0.2, 0.25) is 0 Å². The molecule has 4 heteroatoms. The number of hydrogen-bond donors (Lipinski definition) is 1. The number of nitrogens with one attached hydrogen (secondary N) is 1. The quantitative estimate of drug-likeness (QED) is 0.669. The highest BCUT2D eigenvalue weighted by Crippen LogP contribution is 2.24. The molecule has 1 aliphatic carbocycles. The number of nitrogens with zero attached hydrogens (tertiary/aromatic N) is 1. The molecule has 100 valence electrons. The van der Waals surface area contributed by atoms with Crippen molar-refractivity contribution in [1.82, 2.24) is 5.32 Å². The van der Waals surface area contributed by atoms with Crippen molar-refractivity contribution in [2.45, 2.75) is 38.6 Å². The molecule has 19 heavy (non-hydrogen) atoms. The Morgan fingerprint density at radius 3 is 2.95 bits per heavy atom. The molecular weight excluding hydrogens is 240 g/mol. The molecule has 0 aromatic carbocycles. The second kappa shape index (κ2) is 6.24. The molecule has 1 heterocycles. The van der Waals surface area contributed by atoms with Crippen molar-refractivity contribution in [1.29, 1.82) is 5.26 Å². The van der Waals surface area contributed by atoms with Gasteiger partial charge in [-0.25, -0.2) is 0 Å². The monoisotopic (exact) mass is 258 g/mol. The zero-order valence-electron chi connectivity index (χ0n) is 11.1. The molecule has 1 aromatic heterocycles. The number of hydrogen-bond acceptors (Lipinski definition) is 3. The maximum absolute atomic E-state index is 12.1. The summed E-state index contributed by atoms with van der Waals surface area (Å²) in [6, 6.07) is 5.55. The fraction of sp³-hybridized carbons (Fsp3) is 0.467. The normalized spacial score (nSPS) is 23.7. The highest BCUT2D eigenvalue weighted by Gasteiger charge is 2.24. The molecule has 1 aliphatic rings. The van der Waals surface area contributed by atoms with Gasteiger partial charge in [-0.3, -0.25) is 4.79 Å². The van der Waals surface area contributed by atoms with Crippen molar-refractivity contribution in [3.8, 4) is 6.07 Å². The highest BCUT2D eigenvalue weighted by atomic mass is 16.3. The lowest BCUT2D eigenvalue weighted by Gasteiger charge is -2.29. The minimum atomic E-state index is -0.308. The summed E-state index contributed by atoms with van der Waals surface area (Å²) in [5.74, 6) is 0.683. The van der Waals surface area contributed by atoms with Crippen LogP contribution >= 0.6 is 0 Å². The van der Waals surface area contributed by atoms with Gasteiger partial charge in [0.25, 0.3) is 5.91 Å². The van der Waals surface area contributed by atoms with E-state index in [1.54, 1.807) is 12.1 Å². The Hall–Kier alpha value is -2.02. The van der Waals surface area contributed by atoms with Crippen LogP contribution in [-0.2, 0) is 4.79 Å². The lowest BCUT2D eigenvalue weighted by Crippen LogP contribution is -2.41. The summed E-state index contributed by atoms with van der Waals surface area (Å²) < 4.78 is 5.12. The van der Waals surface area contributed by atoms with E-state index in [4.69, 9.17) is 9.68 Å². The third-order valence-corrected chi connectivity index (χ3v) is 3.62. The van der Waals surface area contributed by atoms with Gasteiger partial charge in [-0.1, -0.05) is 19.8 Å². The van der Waals surface area contributed by atoms with Crippen LogP contribution < -0.4 is 5.32 Å². The topological polar surface area (TPSA) is 66.0 Å². The van der Waals surface area contributed by atoms with E-state index in [0.29, 0.717) is 11.7 Å². The van der Waals surface area contributed by atoms with Gasteiger partial charge in [-0.15, -0.1) is 0 Å². The molecule has 0 bridgehead atoms. The predicted molar refractivity (Wildman–Crippen MR) is 71.9 cm³/mol. The Morgan fingerprint density at radius 2 is 2.32 bits per heavy atom. The number of amides is 1. The van der Waals surface area contributed by atoms with Crippen LogP contribution in [0.1, 0.15) is 38.4 Å². The van der Waals surface area contributed by atoms with Crippen LogP contribution in [0.25, 0.3) is 6.08 Å². The fourth-order valence-corrected chi connectivity index (χ4v) is 2.44. The van der Waals surface area contributed by atoms with Gasteiger partial charge in [-0.2, -0.15) is 5.26 Å². The summed E-state index contributed by atoms with van der Waals surface area (Å²) in [6.45, 7) is 2.15. The minimum Gasteiger partial charge on any atom is -0.465 e. The third-order valence-electron chi connectivity index (χ3n) is 3.62. The van der Waals surface area contributed by atoms with Crippen molar-refractivity contribution in [2.24, 2.45) is 5.92 Å². The first-order valence-electron chi connectivity index (χ1n) is 6.67. The second-order valence-corrected chi connectivity index (χ2v) is 5.03. The smallest absolute Gasteiger partial charge is 0.262 e. The first-order valence-corrected chi connectivity index (χ1v) is 6.67. The zero-order valence-corrected chi connectivity index (χ0v) is 11.1. The van der Waals surface area contributed by atoms with Crippen LogP contribution in [0.5, 0.6) is 0 Å². The van der Waals surface area contributed by atoms with Crippen LogP contribution in [0.2, 0.25) is 0 Å². The van der Waals surface area contributed by atoms with E-state index in [-0.39, 0.29) is 17.5 Å². The molecule has 1 fully saturated rings. The number of furan rings is 1. The van der Waals surface area contributed by atoms with Gasteiger partial charge in [0, 0.05) is 12.1 Å². The summed E-state index contributed by atoms with van der Waals surface area (Å²) in [5.41, 5.74) is 0.0905. The highest BCUT2D eigenvalue weighted by molar-refractivity contribution is 6.01. The molecule has 0 aliphatic heterocycles. The predicted octanol–water partition coefficient (Wildman–Crippen LogP) is 2.88. The average molecular weight is 258 g/mol. The van der Waals surface area contributed by atoms with Crippen molar-refractivity contribution in [2.75, 3.05) is 0 Å². The van der Waals surface area contributed by atoms with Crippen LogP contribution in [0.15, 0.2) is 28.4 Å². The summed E-state index contributed by atoms with van der Waals surface area (Å²) in [4.78, 5) is 12.1. The van der Waals surface area contributed by atoms with Crippen LogP contribution in [0.4, 0.5) is 0 Å². The van der Waals surface area contributed by atoms with Crippen molar-refractivity contribution < 1.29 is 9.21 Å². The molecule has 0 saturated heterocycles. The molecule has 2 atom stereocenters.